The van der Waals surface area contributed by atoms with Crippen LogP contribution in [0, 0.1) is 0 Å². The fourth-order valence-electron chi connectivity index (χ4n) is 3.76. The molecular formula is C23H26N4O3S. The number of nitrogens with zero attached hydrogens (tertiary/aromatic N) is 2. The normalized spacial score (nSPS) is 13.8. The van der Waals surface area contributed by atoms with Crippen molar-refractivity contribution in [2.24, 2.45) is 0 Å². The van der Waals surface area contributed by atoms with Crippen molar-refractivity contribution in [1.29, 1.82) is 0 Å². The summed E-state index contributed by atoms with van der Waals surface area (Å²) in [5, 5.41) is 2.83. The molecule has 0 unspecified atom stereocenters. The second kappa shape index (κ2) is 8.64. The van der Waals surface area contributed by atoms with Crippen LogP contribution in [-0.4, -0.2) is 29.9 Å². The Bertz CT molecular complexity index is 1200. The van der Waals surface area contributed by atoms with Gasteiger partial charge in [-0.15, -0.1) is 0 Å². The van der Waals surface area contributed by atoms with E-state index in [0.717, 1.165) is 30.8 Å². The molecule has 1 aliphatic rings. The molecule has 1 aromatic heterocycles. The summed E-state index contributed by atoms with van der Waals surface area (Å²) in [5.74, 6) is 0.579. The van der Waals surface area contributed by atoms with Crippen LogP contribution in [0.5, 0.6) is 0 Å². The number of sulfonamides is 1. The highest BCUT2D eigenvalue weighted by atomic mass is 32.2. The standard InChI is InChI=1S/C23H26N4O3S/c1-16(2)26-31(29,30)21-8-5-6-18(14-21)23(28)25-19-11-9-17(10-12-19)22-24-15-20-7-3-4-13-27(20)22/h5-6,8-12,14-16,26H,3-4,7,13H2,1-2H3,(H,25,28). The van der Waals surface area contributed by atoms with Crippen LogP contribution in [0.1, 0.15) is 42.7 Å². The Hall–Kier alpha value is -2.97. The number of rotatable bonds is 6. The molecule has 162 valence electrons. The molecule has 0 bridgehead atoms. The Kier molecular flexibility index (Phi) is 5.93. The molecule has 8 heteroatoms. The second-order valence-electron chi connectivity index (χ2n) is 8.02. The number of carbonyl (C=O) groups is 1. The molecule has 2 heterocycles. The van der Waals surface area contributed by atoms with Gasteiger partial charge in [0.2, 0.25) is 10.0 Å². The summed E-state index contributed by atoms with van der Waals surface area (Å²) >= 11 is 0. The van der Waals surface area contributed by atoms with E-state index < -0.39 is 10.0 Å². The number of imidazole rings is 1. The number of anilines is 1. The van der Waals surface area contributed by atoms with Crippen molar-refractivity contribution in [3.05, 3.63) is 66.0 Å². The minimum absolute atomic E-state index is 0.0632. The molecule has 31 heavy (non-hydrogen) atoms. The Labute approximate surface area is 182 Å². The van der Waals surface area contributed by atoms with Crippen molar-refractivity contribution in [3.63, 3.8) is 0 Å². The van der Waals surface area contributed by atoms with Gasteiger partial charge in [0.05, 0.1) is 4.90 Å². The summed E-state index contributed by atoms with van der Waals surface area (Å²) < 4.78 is 29.5. The first-order valence-corrected chi connectivity index (χ1v) is 11.9. The van der Waals surface area contributed by atoms with Crippen molar-refractivity contribution in [1.82, 2.24) is 14.3 Å². The first kappa shape index (κ1) is 21.3. The van der Waals surface area contributed by atoms with E-state index >= 15 is 0 Å². The lowest BCUT2D eigenvalue weighted by atomic mass is 10.1. The van der Waals surface area contributed by atoms with Crippen molar-refractivity contribution >= 4 is 21.6 Å². The van der Waals surface area contributed by atoms with E-state index in [1.807, 2.05) is 30.5 Å². The van der Waals surface area contributed by atoms with Gasteiger partial charge in [0, 0.05) is 41.3 Å². The minimum atomic E-state index is -3.67. The third-order valence-corrected chi connectivity index (χ3v) is 6.86. The number of amides is 1. The molecule has 0 radical (unpaired) electrons. The maximum atomic E-state index is 12.7. The lowest BCUT2D eigenvalue weighted by Crippen LogP contribution is -2.30. The van der Waals surface area contributed by atoms with Crippen molar-refractivity contribution < 1.29 is 13.2 Å². The van der Waals surface area contributed by atoms with Gasteiger partial charge in [-0.05, 0) is 75.6 Å². The van der Waals surface area contributed by atoms with Crippen molar-refractivity contribution in [3.8, 4) is 11.4 Å². The molecule has 0 aliphatic carbocycles. The van der Waals surface area contributed by atoms with Crippen LogP contribution in [0.3, 0.4) is 0 Å². The molecule has 0 spiro atoms. The Morgan fingerprint density at radius 2 is 1.87 bits per heavy atom. The highest BCUT2D eigenvalue weighted by Crippen LogP contribution is 2.26. The Balaban J connectivity index is 1.49. The largest absolute Gasteiger partial charge is 0.328 e. The molecule has 0 saturated heterocycles. The van der Waals surface area contributed by atoms with E-state index in [-0.39, 0.29) is 22.4 Å². The number of hydrogen-bond donors (Lipinski definition) is 2. The first-order chi connectivity index (χ1) is 14.8. The molecule has 3 aromatic rings. The third-order valence-electron chi connectivity index (χ3n) is 5.20. The number of fused-ring (bicyclic) bond motifs is 1. The van der Waals surface area contributed by atoms with Crippen molar-refractivity contribution in [2.45, 2.75) is 50.6 Å². The van der Waals surface area contributed by atoms with Gasteiger partial charge in [-0.2, -0.15) is 0 Å². The molecule has 0 saturated carbocycles. The lowest BCUT2D eigenvalue weighted by Gasteiger charge is -2.16. The van der Waals surface area contributed by atoms with Crippen LogP contribution in [0.15, 0.2) is 59.6 Å². The highest BCUT2D eigenvalue weighted by Gasteiger charge is 2.18. The summed E-state index contributed by atoms with van der Waals surface area (Å²) in [6.07, 6.45) is 5.36. The van der Waals surface area contributed by atoms with Crippen LogP contribution in [0.4, 0.5) is 5.69 Å². The van der Waals surface area contributed by atoms with Gasteiger partial charge in [0.1, 0.15) is 5.82 Å². The van der Waals surface area contributed by atoms with E-state index in [4.69, 9.17) is 0 Å². The zero-order chi connectivity index (χ0) is 22.0. The zero-order valence-corrected chi connectivity index (χ0v) is 18.4. The van der Waals surface area contributed by atoms with Gasteiger partial charge in [0.25, 0.3) is 5.91 Å². The van der Waals surface area contributed by atoms with Gasteiger partial charge >= 0.3 is 0 Å². The predicted molar refractivity (Wildman–Crippen MR) is 120 cm³/mol. The topological polar surface area (TPSA) is 93.1 Å². The van der Waals surface area contributed by atoms with Crippen LogP contribution < -0.4 is 10.0 Å². The summed E-state index contributed by atoms with van der Waals surface area (Å²) in [5.41, 5.74) is 3.17. The Morgan fingerprint density at radius 3 is 2.61 bits per heavy atom. The van der Waals surface area contributed by atoms with E-state index in [9.17, 15) is 13.2 Å². The van der Waals surface area contributed by atoms with E-state index in [1.54, 1.807) is 26.0 Å². The number of nitrogens with one attached hydrogen (secondary N) is 2. The summed E-state index contributed by atoms with van der Waals surface area (Å²) in [6.45, 7) is 4.47. The minimum Gasteiger partial charge on any atom is -0.328 e. The first-order valence-electron chi connectivity index (χ1n) is 10.4. The summed E-state index contributed by atoms with van der Waals surface area (Å²) in [4.78, 5) is 17.3. The molecule has 0 atom stereocenters. The molecule has 7 nitrogen and oxygen atoms in total. The molecule has 2 N–H and O–H groups in total. The summed E-state index contributed by atoms with van der Waals surface area (Å²) in [7, 11) is -3.67. The number of aromatic nitrogens is 2. The van der Waals surface area contributed by atoms with E-state index in [2.05, 4.69) is 19.6 Å². The average molecular weight is 439 g/mol. The smallest absolute Gasteiger partial charge is 0.255 e. The van der Waals surface area contributed by atoms with Crippen molar-refractivity contribution in [2.75, 3.05) is 5.32 Å². The van der Waals surface area contributed by atoms with Crippen LogP contribution in [0.2, 0.25) is 0 Å². The average Bonchev–Trinajstić information content (AvgIpc) is 3.18. The SMILES string of the molecule is CC(C)NS(=O)(=O)c1cccc(C(=O)Nc2ccc(-c3ncc4n3CCCC4)cc2)c1. The van der Waals surface area contributed by atoms with E-state index in [0.29, 0.717) is 5.69 Å². The zero-order valence-electron chi connectivity index (χ0n) is 17.6. The van der Waals surface area contributed by atoms with E-state index in [1.165, 1.54) is 24.2 Å². The molecule has 4 rings (SSSR count). The maximum Gasteiger partial charge on any atom is 0.255 e. The number of carbonyl (C=O) groups excluding carboxylic acids is 1. The fraction of sp³-hybridized carbons (Fsp3) is 0.304. The maximum absolute atomic E-state index is 12.7. The molecular weight excluding hydrogens is 412 g/mol. The van der Waals surface area contributed by atoms with Crippen LogP contribution in [-0.2, 0) is 23.0 Å². The monoisotopic (exact) mass is 438 g/mol. The number of aryl methyl sites for hydroxylation is 1. The fourth-order valence-corrected chi connectivity index (χ4v) is 5.05. The highest BCUT2D eigenvalue weighted by molar-refractivity contribution is 7.89. The molecule has 0 fully saturated rings. The second-order valence-corrected chi connectivity index (χ2v) is 9.73. The molecule has 1 aliphatic heterocycles. The van der Waals surface area contributed by atoms with Crippen LogP contribution >= 0.6 is 0 Å². The summed E-state index contributed by atoms with van der Waals surface area (Å²) in [6, 6.07) is 13.3. The van der Waals surface area contributed by atoms with Gasteiger partial charge in [-0.25, -0.2) is 18.1 Å². The van der Waals surface area contributed by atoms with Gasteiger partial charge in [-0.1, -0.05) is 6.07 Å². The van der Waals surface area contributed by atoms with Crippen LogP contribution in [0.25, 0.3) is 11.4 Å². The molecule has 2 aromatic carbocycles. The number of benzene rings is 2. The van der Waals surface area contributed by atoms with Gasteiger partial charge in [0.15, 0.2) is 0 Å². The quantitative estimate of drug-likeness (QED) is 0.612. The predicted octanol–water partition coefficient (Wildman–Crippen LogP) is 3.83. The third kappa shape index (κ3) is 4.70. The Morgan fingerprint density at radius 1 is 1.10 bits per heavy atom. The number of hydrogen-bond acceptors (Lipinski definition) is 4. The molecule has 1 amide bonds. The lowest BCUT2D eigenvalue weighted by molar-refractivity contribution is 0.102. The van der Waals surface area contributed by atoms with Gasteiger partial charge < -0.3 is 9.88 Å². The van der Waals surface area contributed by atoms with Gasteiger partial charge in [-0.3, -0.25) is 4.79 Å².